The molecule has 122 valence electrons. The van der Waals surface area contributed by atoms with Crippen LogP contribution in [0.4, 0.5) is 0 Å². The standard InChI is InChI=1S/C23H18O2/c1-15(24)17-9-12-21-20-6-4-3-5-18(20)14-22(23(21)13-17)16-7-10-19(25-2)11-8-16/h3-14H,1-2H3. The third-order valence-corrected chi connectivity index (χ3v) is 4.67. The van der Waals surface area contributed by atoms with Gasteiger partial charge in [0.25, 0.3) is 0 Å². The van der Waals surface area contributed by atoms with E-state index in [0.29, 0.717) is 0 Å². The first kappa shape index (κ1) is 15.4. The van der Waals surface area contributed by atoms with Crippen molar-refractivity contribution in [2.75, 3.05) is 7.11 Å². The summed E-state index contributed by atoms with van der Waals surface area (Å²) in [6.07, 6.45) is 0. The summed E-state index contributed by atoms with van der Waals surface area (Å²) in [5.41, 5.74) is 2.97. The maximum absolute atomic E-state index is 11.9. The quantitative estimate of drug-likeness (QED) is 0.347. The fraction of sp³-hybridized carbons (Fsp3) is 0.0870. The van der Waals surface area contributed by atoms with E-state index in [9.17, 15) is 4.79 Å². The molecular weight excluding hydrogens is 308 g/mol. The fourth-order valence-electron chi connectivity index (χ4n) is 3.33. The summed E-state index contributed by atoms with van der Waals surface area (Å²) in [6, 6.07) is 24.6. The van der Waals surface area contributed by atoms with Gasteiger partial charge in [0.05, 0.1) is 7.11 Å². The number of carbonyl (C=O) groups is 1. The predicted molar refractivity (Wildman–Crippen MR) is 103 cm³/mol. The number of fused-ring (bicyclic) bond motifs is 3. The Balaban J connectivity index is 2.08. The van der Waals surface area contributed by atoms with Crippen molar-refractivity contribution in [3.63, 3.8) is 0 Å². The van der Waals surface area contributed by atoms with Crippen LogP contribution < -0.4 is 4.74 Å². The van der Waals surface area contributed by atoms with Gasteiger partial charge in [0, 0.05) is 5.56 Å². The molecular formula is C23H18O2. The molecule has 0 atom stereocenters. The van der Waals surface area contributed by atoms with E-state index in [1.165, 1.54) is 10.8 Å². The van der Waals surface area contributed by atoms with Gasteiger partial charge in [-0.05, 0) is 63.9 Å². The molecule has 0 fully saturated rings. The van der Waals surface area contributed by atoms with Crippen LogP contribution in [0, 0.1) is 0 Å². The highest BCUT2D eigenvalue weighted by molar-refractivity contribution is 6.15. The van der Waals surface area contributed by atoms with Crippen LogP contribution >= 0.6 is 0 Å². The van der Waals surface area contributed by atoms with Gasteiger partial charge in [-0.25, -0.2) is 0 Å². The van der Waals surface area contributed by atoms with Crippen molar-refractivity contribution < 1.29 is 9.53 Å². The summed E-state index contributed by atoms with van der Waals surface area (Å²) in [5.74, 6) is 0.911. The number of methoxy groups -OCH3 is 1. The zero-order valence-corrected chi connectivity index (χ0v) is 14.2. The molecule has 2 heteroatoms. The minimum absolute atomic E-state index is 0.0794. The average molecular weight is 326 g/mol. The molecule has 0 spiro atoms. The average Bonchev–Trinajstić information content (AvgIpc) is 2.67. The highest BCUT2D eigenvalue weighted by Gasteiger charge is 2.11. The summed E-state index contributed by atoms with van der Waals surface area (Å²) < 4.78 is 5.27. The van der Waals surface area contributed by atoms with Gasteiger partial charge in [-0.15, -0.1) is 0 Å². The van der Waals surface area contributed by atoms with Crippen molar-refractivity contribution in [2.45, 2.75) is 6.92 Å². The molecule has 2 nitrogen and oxygen atoms in total. The first-order chi connectivity index (χ1) is 12.2. The lowest BCUT2D eigenvalue weighted by Crippen LogP contribution is -1.93. The van der Waals surface area contributed by atoms with Gasteiger partial charge < -0.3 is 4.74 Å². The highest BCUT2D eigenvalue weighted by atomic mass is 16.5. The summed E-state index contributed by atoms with van der Waals surface area (Å²) in [5, 5.41) is 4.65. The van der Waals surface area contributed by atoms with Crippen LogP contribution in [0.15, 0.2) is 72.8 Å². The molecule has 0 N–H and O–H groups in total. The third-order valence-electron chi connectivity index (χ3n) is 4.67. The molecule has 0 unspecified atom stereocenters. The zero-order valence-electron chi connectivity index (χ0n) is 14.2. The Morgan fingerprint density at radius 2 is 1.56 bits per heavy atom. The molecule has 0 saturated carbocycles. The van der Waals surface area contributed by atoms with Gasteiger partial charge in [-0.2, -0.15) is 0 Å². The Labute approximate surface area is 146 Å². The first-order valence-corrected chi connectivity index (χ1v) is 8.28. The monoisotopic (exact) mass is 326 g/mol. The van der Waals surface area contributed by atoms with Crippen molar-refractivity contribution >= 4 is 27.3 Å². The lowest BCUT2D eigenvalue weighted by Gasteiger charge is -2.12. The summed E-state index contributed by atoms with van der Waals surface area (Å²) in [6.45, 7) is 1.61. The van der Waals surface area contributed by atoms with E-state index in [2.05, 4.69) is 42.5 Å². The SMILES string of the molecule is COc1ccc(-c2cc3ccccc3c3ccc(C(C)=O)cc23)cc1. The predicted octanol–water partition coefficient (Wildman–Crippen LogP) is 5.87. The first-order valence-electron chi connectivity index (χ1n) is 8.28. The van der Waals surface area contributed by atoms with Crippen LogP contribution in [0.2, 0.25) is 0 Å². The second-order valence-electron chi connectivity index (χ2n) is 6.19. The molecule has 25 heavy (non-hydrogen) atoms. The summed E-state index contributed by atoms with van der Waals surface area (Å²) >= 11 is 0. The maximum atomic E-state index is 11.9. The lowest BCUT2D eigenvalue weighted by molar-refractivity contribution is 0.101. The van der Waals surface area contributed by atoms with E-state index in [1.807, 2.05) is 30.3 Å². The van der Waals surface area contributed by atoms with Gasteiger partial charge in [0.2, 0.25) is 0 Å². The van der Waals surface area contributed by atoms with Crippen molar-refractivity contribution in [1.29, 1.82) is 0 Å². The molecule has 0 radical (unpaired) electrons. The molecule has 4 aromatic carbocycles. The molecule has 0 aromatic heterocycles. The van der Waals surface area contributed by atoms with Crippen molar-refractivity contribution in [3.8, 4) is 16.9 Å². The van der Waals surface area contributed by atoms with Crippen LogP contribution in [0.3, 0.4) is 0 Å². The van der Waals surface area contributed by atoms with Gasteiger partial charge in [0.1, 0.15) is 5.75 Å². The summed E-state index contributed by atoms with van der Waals surface area (Å²) in [7, 11) is 1.67. The van der Waals surface area contributed by atoms with Gasteiger partial charge >= 0.3 is 0 Å². The number of Topliss-reactive ketones (excluding diaryl/α,β-unsaturated/α-hetero) is 1. The topological polar surface area (TPSA) is 26.3 Å². The summed E-state index contributed by atoms with van der Waals surface area (Å²) in [4.78, 5) is 11.9. The molecule has 4 rings (SSSR count). The molecule has 0 aliphatic carbocycles. The number of hydrogen-bond donors (Lipinski definition) is 0. The molecule has 0 bridgehead atoms. The van der Waals surface area contributed by atoms with Crippen LogP contribution in [0.5, 0.6) is 5.75 Å². The lowest BCUT2D eigenvalue weighted by atomic mass is 9.91. The maximum Gasteiger partial charge on any atom is 0.159 e. The van der Waals surface area contributed by atoms with E-state index in [-0.39, 0.29) is 5.78 Å². The molecule has 0 saturated heterocycles. The Morgan fingerprint density at radius 1 is 0.800 bits per heavy atom. The van der Waals surface area contributed by atoms with E-state index in [0.717, 1.165) is 33.2 Å². The van der Waals surface area contributed by atoms with Gasteiger partial charge in [0.15, 0.2) is 5.78 Å². The number of benzene rings is 4. The van der Waals surface area contributed by atoms with Gasteiger partial charge in [-0.3, -0.25) is 4.79 Å². The largest absolute Gasteiger partial charge is 0.497 e. The Bertz CT molecular complexity index is 1090. The number of rotatable bonds is 3. The van der Waals surface area contributed by atoms with E-state index in [4.69, 9.17) is 4.74 Å². The van der Waals surface area contributed by atoms with Crippen molar-refractivity contribution in [3.05, 3.63) is 78.4 Å². The van der Waals surface area contributed by atoms with Crippen LogP contribution in [-0.2, 0) is 0 Å². The minimum atomic E-state index is 0.0794. The Kier molecular flexibility index (Phi) is 3.73. The Morgan fingerprint density at radius 3 is 2.28 bits per heavy atom. The number of ketones is 1. The van der Waals surface area contributed by atoms with E-state index >= 15 is 0 Å². The fourth-order valence-corrected chi connectivity index (χ4v) is 3.33. The normalized spacial score (nSPS) is 11.0. The minimum Gasteiger partial charge on any atom is -0.497 e. The Hall–Kier alpha value is -3.13. The zero-order chi connectivity index (χ0) is 17.4. The number of carbonyl (C=O) groups excluding carboxylic acids is 1. The second-order valence-corrected chi connectivity index (χ2v) is 6.19. The molecule has 0 aliphatic rings. The van der Waals surface area contributed by atoms with Crippen LogP contribution in [0.25, 0.3) is 32.7 Å². The molecule has 0 amide bonds. The smallest absolute Gasteiger partial charge is 0.159 e. The molecule has 4 aromatic rings. The van der Waals surface area contributed by atoms with Crippen molar-refractivity contribution in [2.24, 2.45) is 0 Å². The van der Waals surface area contributed by atoms with E-state index in [1.54, 1.807) is 14.0 Å². The van der Waals surface area contributed by atoms with E-state index < -0.39 is 0 Å². The van der Waals surface area contributed by atoms with Gasteiger partial charge in [-0.1, -0.05) is 48.5 Å². The number of ether oxygens (including phenoxy) is 1. The number of hydrogen-bond acceptors (Lipinski definition) is 2. The highest BCUT2D eigenvalue weighted by Crippen LogP contribution is 2.36. The second kappa shape index (κ2) is 6.06. The molecule has 0 aliphatic heterocycles. The van der Waals surface area contributed by atoms with Crippen LogP contribution in [-0.4, -0.2) is 12.9 Å². The molecule has 0 heterocycles. The third kappa shape index (κ3) is 2.66. The van der Waals surface area contributed by atoms with Crippen LogP contribution in [0.1, 0.15) is 17.3 Å². The van der Waals surface area contributed by atoms with Crippen molar-refractivity contribution in [1.82, 2.24) is 0 Å².